The molecule has 0 bridgehead atoms. The summed E-state index contributed by atoms with van der Waals surface area (Å²) in [5.41, 5.74) is 3.94. The summed E-state index contributed by atoms with van der Waals surface area (Å²) in [5, 5.41) is 7.16. The molecule has 2 N–H and O–H groups in total. The predicted octanol–water partition coefficient (Wildman–Crippen LogP) is 4.89. The Morgan fingerprint density at radius 3 is 2.56 bits per heavy atom. The Hall–Kier alpha value is -3.36. The highest BCUT2D eigenvalue weighted by atomic mass is 79.9. The molecule has 0 aromatic heterocycles. The number of anilines is 1. The lowest BCUT2D eigenvalue weighted by molar-refractivity contribution is -0.118. The number of hydrazone groups is 1. The van der Waals surface area contributed by atoms with Gasteiger partial charge in [0.1, 0.15) is 11.5 Å². The molecule has 0 spiro atoms. The minimum Gasteiger partial charge on any atom is -0.495 e. The van der Waals surface area contributed by atoms with E-state index in [1.54, 1.807) is 66.7 Å². The van der Waals surface area contributed by atoms with Crippen molar-refractivity contribution in [2.24, 2.45) is 5.10 Å². The maximum atomic E-state index is 12.3. The molecule has 0 unspecified atom stereocenters. The third-order valence-electron chi connectivity index (χ3n) is 4.19. The number of carbonyl (C=O) groups is 2. The quantitative estimate of drug-likeness (QED) is 0.329. The number of nitrogens with zero attached hydrogens (tertiary/aromatic N) is 1. The van der Waals surface area contributed by atoms with E-state index in [1.807, 2.05) is 0 Å². The van der Waals surface area contributed by atoms with Gasteiger partial charge in [-0.25, -0.2) is 5.43 Å². The maximum Gasteiger partial charge on any atom is 0.271 e. The zero-order valence-corrected chi connectivity index (χ0v) is 19.3. The van der Waals surface area contributed by atoms with Gasteiger partial charge in [-0.2, -0.15) is 5.10 Å². The van der Waals surface area contributed by atoms with Gasteiger partial charge >= 0.3 is 0 Å². The summed E-state index contributed by atoms with van der Waals surface area (Å²) in [5.74, 6) is 0.193. The first-order chi connectivity index (χ1) is 15.5. The second-order valence-corrected chi connectivity index (χ2v) is 7.78. The van der Waals surface area contributed by atoms with Crippen molar-refractivity contribution < 1.29 is 19.1 Å². The average molecular weight is 517 g/mol. The lowest BCUT2D eigenvalue weighted by Gasteiger charge is -2.12. The molecular formula is C23H19BrClN3O4. The van der Waals surface area contributed by atoms with E-state index in [2.05, 4.69) is 31.8 Å². The molecule has 7 nitrogen and oxygen atoms in total. The fourth-order valence-electron chi connectivity index (χ4n) is 2.66. The topological polar surface area (TPSA) is 89.0 Å². The standard InChI is InChI=1S/C23H19BrClN3O4/c1-31-21-5-3-2-4-19(21)27-22(29)14-32-20-11-10-18(25)12-16(20)13-26-28-23(30)15-6-8-17(24)9-7-15/h2-13H,14H2,1H3,(H,27,29)(H,28,30)/b26-13+. The van der Waals surface area contributed by atoms with E-state index < -0.39 is 0 Å². The normalized spacial score (nSPS) is 10.6. The minimum atomic E-state index is -0.366. The van der Waals surface area contributed by atoms with Crippen LogP contribution in [0, 0.1) is 0 Å². The number of rotatable bonds is 8. The molecule has 0 aliphatic heterocycles. The molecule has 0 atom stereocenters. The zero-order chi connectivity index (χ0) is 22.9. The van der Waals surface area contributed by atoms with Gasteiger partial charge in [0.05, 0.1) is 19.0 Å². The first-order valence-corrected chi connectivity index (χ1v) is 10.6. The Labute approximate surface area is 198 Å². The third-order valence-corrected chi connectivity index (χ3v) is 4.95. The maximum absolute atomic E-state index is 12.3. The molecule has 0 aliphatic rings. The van der Waals surface area contributed by atoms with E-state index in [9.17, 15) is 9.59 Å². The van der Waals surface area contributed by atoms with Crippen LogP contribution < -0.4 is 20.2 Å². The molecule has 2 amide bonds. The van der Waals surface area contributed by atoms with Gasteiger partial charge in [-0.15, -0.1) is 0 Å². The van der Waals surface area contributed by atoms with Gasteiger partial charge < -0.3 is 14.8 Å². The average Bonchev–Trinajstić information content (AvgIpc) is 2.79. The second kappa shape index (κ2) is 11.3. The molecular weight excluding hydrogens is 498 g/mol. The molecule has 0 radical (unpaired) electrons. The van der Waals surface area contributed by atoms with Crippen LogP contribution in [0.25, 0.3) is 0 Å². The summed E-state index contributed by atoms with van der Waals surface area (Å²) in [6.07, 6.45) is 1.40. The molecule has 3 rings (SSSR count). The van der Waals surface area contributed by atoms with Gasteiger partial charge in [-0.1, -0.05) is 39.7 Å². The van der Waals surface area contributed by atoms with Gasteiger partial charge in [-0.05, 0) is 54.6 Å². The second-order valence-electron chi connectivity index (χ2n) is 6.43. The molecule has 3 aromatic carbocycles. The number of hydrogen-bond donors (Lipinski definition) is 2. The number of nitrogens with one attached hydrogen (secondary N) is 2. The van der Waals surface area contributed by atoms with Crippen molar-refractivity contribution in [2.75, 3.05) is 19.0 Å². The summed E-state index contributed by atoms with van der Waals surface area (Å²) >= 11 is 9.39. The number of carbonyl (C=O) groups excluding carboxylic acids is 2. The number of hydrogen-bond acceptors (Lipinski definition) is 5. The van der Waals surface area contributed by atoms with E-state index >= 15 is 0 Å². The van der Waals surface area contributed by atoms with Gasteiger partial charge in [0.15, 0.2) is 6.61 Å². The predicted molar refractivity (Wildman–Crippen MR) is 128 cm³/mol. The fourth-order valence-corrected chi connectivity index (χ4v) is 3.10. The SMILES string of the molecule is COc1ccccc1NC(=O)COc1ccc(Cl)cc1/C=N/NC(=O)c1ccc(Br)cc1. The fraction of sp³-hybridized carbons (Fsp3) is 0.0870. The molecule has 0 saturated heterocycles. The summed E-state index contributed by atoms with van der Waals surface area (Å²) < 4.78 is 11.7. The Morgan fingerprint density at radius 1 is 1.06 bits per heavy atom. The number of halogens is 2. The Balaban J connectivity index is 1.63. The van der Waals surface area contributed by atoms with Crippen molar-refractivity contribution in [3.8, 4) is 11.5 Å². The van der Waals surface area contributed by atoms with E-state index in [-0.39, 0.29) is 18.4 Å². The van der Waals surface area contributed by atoms with Gasteiger partial charge in [0, 0.05) is 20.6 Å². The Morgan fingerprint density at radius 2 is 1.81 bits per heavy atom. The van der Waals surface area contributed by atoms with Crippen molar-refractivity contribution in [3.63, 3.8) is 0 Å². The van der Waals surface area contributed by atoms with E-state index in [1.165, 1.54) is 13.3 Å². The van der Waals surface area contributed by atoms with Crippen LogP contribution in [0.3, 0.4) is 0 Å². The van der Waals surface area contributed by atoms with Crippen molar-refractivity contribution in [2.45, 2.75) is 0 Å². The number of benzene rings is 3. The van der Waals surface area contributed by atoms with Crippen LogP contribution in [-0.4, -0.2) is 31.7 Å². The van der Waals surface area contributed by atoms with Crippen molar-refractivity contribution in [1.29, 1.82) is 0 Å². The number of para-hydroxylation sites is 2. The van der Waals surface area contributed by atoms with Gasteiger partial charge in [-0.3, -0.25) is 9.59 Å². The molecule has 9 heteroatoms. The van der Waals surface area contributed by atoms with Crippen molar-refractivity contribution in [3.05, 3.63) is 87.4 Å². The molecule has 0 saturated carbocycles. The van der Waals surface area contributed by atoms with Crippen molar-refractivity contribution >= 4 is 51.2 Å². The van der Waals surface area contributed by atoms with E-state index in [4.69, 9.17) is 21.1 Å². The lowest BCUT2D eigenvalue weighted by atomic mass is 10.2. The highest BCUT2D eigenvalue weighted by Crippen LogP contribution is 2.24. The first-order valence-electron chi connectivity index (χ1n) is 9.40. The molecule has 32 heavy (non-hydrogen) atoms. The van der Waals surface area contributed by atoms with Crippen LogP contribution >= 0.6 is 27.5 Å². The summed E-state index contributed by atoms with van der Waals surface area (Å²) in [6, 6.07) is 18.8. The molecule has 0 aliphatic carbocycles. The lowest BCUT2D eigenvalue weighted by Crippen LogP contribution is -2.21. The zero-order valence-electron chi connectivity index (χ0n) is 17.0. The largest absolute Gasteiger partial charge is 0.495 e. The van der Waals surface area contributed by atoms with Crippen LogP contribution in [0.15, 0.2) is 76.3 Å². The van der Waals surface area contributed by atoms with Crippen LogP contribution in [0.5, 0.6) is 11.5 Å². The van der Waals surface area contributed by atoms with E-state index in [0.29, 0.717) is 33.3 Å². The van der Waals surface area contributed by atoms with Gasteiger partial charge in [0.25, 0.3) is 11.8 Å². The highest BCUT2D eigenvalue weighted by Gasteiger charge is 2.10. The molecule has 0 fully saturated rings. The monoisotopic (exact) mass is 515 g/mol. The number of ether oxygens (including phenoxy) is 2. The van der Waals surface area contributed by atoms with Crippen LogP contribution in [-0.2, 0) is 4.79 Å². The summed E-state index contributed by atoms with van der Waals surface area (Å²) in [4.78, 5) is 24.5. The smallest absolute Gasteiger partial charge is 0.271 e. The Kier molecular flexibility index (Phi) is 8.24. The Bertz CT molecular complexity index is 1140. The summed E-state index contributed by atoms with van der Waals surface area (Å²) in [6.45, 7) is -0.244. The highest BCUT2D eigenvalue weighted by molar-refractivity contribution is 9.10. The van der Waals surface area contributed by atoms with Crippen molar-refractivity contribution in [1.82, 2.24) is 5.43 Å². The molecule has 164 valence electrons. The minimum absolute atomic E-state index is 0.244. The molecule has 0 heterocycles. The van der Waals surface area contributed by atoms with Gasteiger partial charge in [0.2, 0.25) is 0 Å². The number of methoxy groups -OCH3 is 1. The molecule has 3 aromatic rings. The first kappa shape index (κ1) is 23.3. The third kappa shape index (κ3) is 6.57. The number of amides is 2. The van der Waals surface area contributed by atoms with E-state index in [0.717, 1.165) is 4.47 Å². The van der Waals surface area contributed by atoms with Crippen LogP contribution in [0.2, 0.25) is 5.02 Å². The van der Waals surface area contributed by atoms with Crippen LogP contribution in [0.1, 0.15) is 15.9 Å². The summed E-state index contributed by atoms with van der Waals surface area (Å²) in [7, 11) is 1.52. The van der Waals surface area contributed by atoms with Crippen LogP contribution in [0.4, 0.5) is 5.69 Å².